The van der Waals surface area contributed by atoms with Crippen molar-refractivity contribution < 1.29 is 19.5 Å². The van der Waals surface area contributed by atoms with Crippen molar-refractivity contribution in [3.63, 3.8) is 0 Å². The summed E-state index contributed by atoms with van der Waals surface area (Å²) in [5.41, 5.74) is 0.867. The quantitative estimate of drug-likeness (QED) is 0.746. The van der Waals surface area contributed by atoms with Gasteiger partial charge in [-0.2, -0.15) is 0 Å². The number of carboxylic acids is 1. The number of carbonyl (C=O) groups excluding carboxylic acids is 2. The Hall–Kier alpha value is -2.64. The molecule has 2 aliphatic heterocycles. The Labute approximate surface area is 143 Å². The highest BCUT2D eigenvalue weighted by molar-refractivity contribution is 6.31. The SMILES string of the molecule is O=C(O)C(=O)N1C[C@@H]2C[C@H](C1)c1ccc(NC(=O)C3CC3)c(=O)n1C2. The number of hydrogen-bond donors (Lipinski definition) is 2. The summed E-state index contributed by atoms with van der Waals surface area (Å²) in [7, 11) is 0. The maximum absolute atomic E-state index is 12.7. The highest BCUT2D eigenvalue weighted by atomic mass is 16.4. The number of nitrogens with one attached hydrogen (secondary N) is 1. The Balaban J connectivity index is 1.60. The molecule has 2 atom stereocenters. The lowest BCUT2D eigenvalue weighted by Gasteiger charge is -2.42. The minimum Gasteiger partial charge on any atom is -0.474 e. The van der Waals surface area contributed by atoms with Gasteiger partial charge in [-0.05, 0) is 37.3 Å². The van der Waals surface area contributed by atoms with Gasteiger partial charge in [0, 0.05) is 37.2 Å². The molecule has 1 saturated carbocycles. The second kappa shape index (κ2) is 5.72. The second-order valence-corrected chi connectivity index (χ2v) is 7.17. The predicted molar refractivity (Wildman–Crippen MR) is 87.1 cm³/mol. The molecule has 25 heavy (non-hydrogen) atoms. The highest BCUT2D eigenvalue weighted by Crippen LogP contribution is 2.35. The zero-order valence-electron chi connectivity index (χ0n) is 13.6. The van der Waals surface area contributed by atoms with Crippen LogP contribution in [0.15, 0.2) is 16.9 Å². The van der Waals surface area contributed by atoms with Crippen molar-refractivity contribution in [2.45, 2.75) is 31.7 Å². The van der Waals surface area contributed by atoms with Crippen LogP contribution in [0.4, 0.5) is 5.69 Å². The second-order valence-electron chi connectivity index (χ2n) is 7.17. The molecule has 4 rings (SSSR count). The van der Waals surface area contributed by atoms with E-state index in [4.69, 9.17) is 5.11 Å². The summed E-state index contributed by atoms with van der Waals surface area (Å²) in [5, 5.41) is 11.6. The van der Waals surface area contributed by atoms with Crippen LogP contribution in [0, 0.1) is 11.8 Å². The maximum Gasteiger partial charge on any atom is 0.394 e. The largest absolute Gasteiger partial charge is 0.474 e. The number of amides is 2. The number of carbonyl (C=O) groups is 3. The Kier molecular flexibility index (Phi) is 3.63. The molecule has 0 radical (unpaired) electrons. The van der Waals surface area contributed by atoms with E-state index in [1.54, 1.807) is 16.7 Å². The molecule has 132 valence electrons. The molecule has 2 amide bonds. The topological polar surface area (TPSA) is 109 Å². The number of pyridine rings is 1. The van der Waals surface area contributed by atoms with E-state index in [0.717, 1.165) is 25.0 Å². The van der Waals surface area contributed by atoms with Crippen LogP contribution in [0.2, 0.25) is 0 Å². The number of hydrogen-bond acceptors (Lipinski definition) is 4. The van der Waals surface area contributed by atoms with Gasteiger partial charge in [-0.3, -0.25) is 14.4 Å². The van der Waals surface area contributed by atoms with Gasteiger partial charge in [0.05, 0.1) is 0 Å². The van der Waals surface area contributed by atoms with Crippen LogP contribution in [0.5, 0.6) is 0 Å². The molecule has 3 heterocycles. The first kappa shape index (κ1) is 15.9. The van der Waals surface area contributed by atoms with E-state index in [1.165, 1.54) is 4.90 Å². The van der Waals surface area contributed by atoms with Gasteiger partial charge in [-0.1, -0.05) is 0 Å². The summed E-state index contributed by atoms with van der Waals surface area (Å²) < 4.78 is 1.67. The predicted octanol–water partition coefficient (Wildman–Crippen LogP) is 0.227. The molecule has 0 unspecified atom stereocenters. The van der Waals surface area contributed by atoms with Gasteiger partial charge in [0.2, 0.25) is 5.91 Å². The Morgan fingerprint density at radius 2 is 1.88 bits per heavy atom. The van der Waals surface area contributed by atoms with Crippen molar-refractivity contribution >= 4 is 23.5 Å². The number of fused-ring (bicyclic) bond motifs is 4. The van der Waals surface area contributed by atoms with E-state index in [1.807, 2.05) is 0 Å². The van der Waals surface area contributed by atoms with Crippen LogP contribution in [0.25, 0.3) is 0 Å². The Bertz CT molecular complexity index is 826. The van der Waals surface area contributed by atoms with Crippen LogP contribution in [-0.4, -0.2) is 45.4 Å². The summed E-state index contributed by atoms with van der Waals surface area (Å²) in [6, 6.07) is 3.42. The van der Waals surface area contributed by atoms with Gasteiger partial charge < -0.3 is 19.9 Å². The molecule has 2 N–H and O–H groups in total. The normalized spacial score (nSPS) is 24.4. The molecule has 1 aromatic heterocycles. The lowest BCUT2D eigenvalue weighted by Crippen LogP contribution is -2.51. The van der Waals surface area contributed by atoms with Crippen LogP contribution < -0.4 is 10.9 Å². The van der Waals surface area contributed by atoms with Gasteiger partial charge >= 0.3 is 11.9 Å². The molecule has 8 heteroatoms. The van der Waals surface area contributed by atoms with Gasteiger partial charge in [-0.25, -0.2) is 4.79 Å². The third-order valence-corrected chi connectivity index (χ3v) is 5.28. The van der Waals surface area contributed by atoms with Crippen molar-refractivity contribution in [1.82, 2.24) is 9.47 Å². The molecule has 3 aliphatic rings. The molecule has 2 bridgehead atoms. The number of aromatic nitrogens is 1. The fraction of sp³-hybridized carbons (Fsp3) is 0.529. The molecular weight excluding hydrogens is 326 g/mol. The third kappa shape index (κ3) is 2.81. The fourth-order valence-corrected chi connectivity index (χ4v) is 3.92. The van der Waals surface area contributed by atoms with Crippen molar-refractivity contribution in [1.29, 1.82) is 0 Å². The van der Waals surface area contributed by atoms with Gasteiger partial charge in [0.1, 0.15) is 5.69 Å². The average molecular weight is 345 g/mol. The Morgan fingerprint density at radius 3 is 2.56 bits per heavy atom. The monoisotopic (exact) mass is 345 g/mol. The summed E-state index contributed by atoms with van der Waals surface area (Å²) in [5.74, 6) is -2.44. The van der Waals surface area contributed by atoms with E-state index in [2.05, 4.69) is 5.32 Å². The van der Waals surface area contributed by atoms with Crippen molar-refractivity contribution in [3.05, 3.63) is 28.2 Å². The van der Waals surface area contributed by atoms with E-state index >= 15 is 0 Å². The minimum absolute atomic E-state index is 0.0235. The van der Waals surface area contributed by atoms with E-state index in [0.29, 0.717) is 25.3 Å². The zero-order valence-corrected chi connectivity index (χ0v) is 13.6. The van der Waals surface area contributed by atoms with E-state index in [-0.39, 0.29) is 29.2 Å². The first-order chi connectivity index (χ1) is 11.9. The first-order valence-electron chi connectivity index (χ1n) is 8.51. The molecular formula is C17H19N3O5. The Morgan fingerprint density at radius 1 is 1.12 bits per heavy atom. The lowest BCUT2D eigenvalue weighted by molar-refractivity contribution is -0.157. The fourth-order valence-electron chi connectivity index (χ4n) is 3.92. The molecule has 8 nitrogen and oxygen atoms in total. The van der Waals surface area contributed by atoms with Gasteiger partial charge in [0.15, 0.2) is 0 Å². The lowest BCUT2D eigenvalue weighted by atomic mass is 9.83. The van der Waals surface area contributed by atoms with Gasteiger partial charge in [-0.15, -0.1) is 0 Å². The van der Waals surface area contributed by atoms with E-state index < -0.39 is 11.9 Å². The van der Waals surface area contributed by atoms with Crippen molar-refractivity contribution in [2.24, 2.45) is 11.8 Å². The third-order valence-electron chi connectivity index (χ3n) is 5.28. The van der Waals surface area contributed by atoms with Crippen LogP contribution in [0.1, 0.15) is 30.9 Å². The smallest absolute Gasteiger partial charge is 0.394 e. The molecule has 2 fully saturated rings. The number of piperidine rings is 1. The van der Waals surface area contributed by atoms with Crippen molar-refractivity contribution in [2.75, 3.05) is 18.4 Å². The number of anilines is 1. The number of likely N-dealkylation sites (tertiary alicyclic amines) is 1. The molecule has 0 aromatic carbocycles. The average Bonchev–Trinajstić information content (AvgIpc) is 3.42. The van der Waals surface area contributed by atoms with E-state index in [9.17, 15) is 19.2 Å². The summed E-state index contributed by atoms with van der Waals surface area (Å²) >= 11 is 0. The number of nitrogens with zero attached hydrogens (tertiary/aromatic N) is 2. The first-order valence-corrected chi connectivity index (χ1v) is 8.51. The standard InChI is InChI=1S/C17H19N3O5/c21-14(10-1-2-10)18-12-3-4-13-11-5-9(7-20(13)15(12)22)6-19(8-11)16(23)17(24)25/h3-4,9-11H,1-2,5-8H2,(H,18,21)(H,24,25)/t9-,11+/m0/s1. The molecule has 1 aliphatic carbocycles. The number of carboxylic acid groups (broad SMARTS) is 1. The highest BCUT2D eigenvalue weighted by Gasteiger charge is 2.38. The van der Waals surface area contributed by atoms with Crippen molar-refractivity contribution in [3.8, 4) is 0 Å². The molecule has 1 aromatic rings. The van der Waals surface area contributed by atoms with Crippen LogP contribution in [0.3, 0.4) is 0 Å². The summed E-state index contributed by atoms with van der Waals surface area (Å²) in [6.07, 6.45) is 2.57. The van der Waals surface area contributed by atoms with Crippen LogP contribution >= 0.6 is 0 Å². The summed E-state index contributed by atoms with van der Waals surface area (Å²) in [4.78, 5) is 48.7. The van der Waals surface area contributed by atoms with Crippen LogP contribution in [-0.2, 0) is 20.9 Å². The zero-order chi connectivity index (χ0) is 17.7. The molecule has 1 saturated heterocycles. The maximum atomic E-state index is 12.7. The minimum atomic E-state index is -1.45. The number of aliphatic carboxylic acids is 1. The van der Waals surface area contributed by atoms with Gasteiger partial charge in [0.25, 0.3) is 5.56 Å². The molecule has 0 spiro atoms. The number of rotatable bonds is 2. The summed E-state index contributed by atoms with van der Waals surface area (Å²) in [6.45, 7) is 1.07.